The van der Waals surface area contributed by atoms with Gasteiger partial charge in [0.1, 0.15) is 0 Å². The molecule has 5 unspecified atom stereocenters. The van der Waals surface area contributed by atoms with Crippen LogP contribution in [0.25, 0.3) is 0 Å². The molecule has 3 rings (SSSR count). The van der Waals surface area contributed by atoms with Gasteiger partial charge in [-0.3, -0.25) is 0 Å². The molecule has 0 amide bonds. The summed E-state index contributed by atoms with van der Waals surface area (Å²) in [7, 11) is 0. The largest absolute Gasteiger partial charge is 0.327 e. The summed E-state index contributed by atoms with van der Waals surface area (Å²) in [5, 5.41) is 0. The van der Waals surface area contributed by atoms with Crippen molar-refractivity contribution in [3.8, 4) is 0 Å². The van der Waals surface area contributed by atoms with Gasteiger partial charge in [-0.15, -0.1) is 0 Å². The molecule has 0 aliphatic heterocycles. The Morgan fingerprint density at radius 2 is 1.91 bits per heavy atom. The van der Waals surface area contributed by atoms with Crippen LogP contribution >= 0.6 is 0 Å². The number of hydrogen-bond donors (Lipinski definition) is 1. The maximum atomic E-state index is 12.9. The zero-order valence-electron chi connectivity index (χ0n) is 6.13. The van der Waals surface area contributed by atoms with Gasteiger partial charge >= 0.3 is 0 Å². The van der Waals surface area contributed by atoms with Crippen LogP contribution in [0, 0.1) is 23.7 Å². The number of hydrogen-bond acceptors (Lipinski definition) is 1. The highest BCUT2D eigenvalue weighted by molar-refractivity contribution is 5.21. The summed E-state index contributed by atoms with van der Waals surface area (Å²) in [6, 6.07) is 0.0784. The van der Waals surface area contributed by atoms with Crippen molar-refractivity contribution in [3.05, 3.63) is 0 Å². The van der Waals surface area contributed by atoms with Crippen molar-refractivity contribution in [1.29, 1.82) is 0 Å². The van der Waals surface area contributed by atoms with E-state index in [9.17, 15) is 8.78 Å². The normalized spacial score (nSPS) is 63.0. The van der Waals surface area contributed by atoms with E-state index in [0.29, 0.717) is 0 Å². The molecule has 3 aliphatic rings. The highest BCUT2D eigenvalue weighted by Gasteiger charge is 2.79. The summed E-state index contributed by atoms with van der Waals surface area (Å²) >= 11 is 0. The maximum Gasteiger partial charge on any atom is 0.255 e. The Kier molecular flexibility index (Phi) is 0.847. The maximum absolute atomic E-state index is 12.9. The van der Waals surface area contributed by atoms with E-state index in [2.05, 4.69) is 0 Å². The summed E-state index contributed by atoms with van der Waals surface area (Å²) in [4.78, 5) is 0. The topological polar surface area (TPSA) is 26.0 Å². The summed E-state index contributed by atoms with van der Waals surface area (Å²) in [6.45, 7) is 0. The van der Waals surface area contributed by atoms with Crippen molar-refractivity contribution in [1.82, 2.24) is 0 Å². The quantitative estimate of drug-likeness (QED) is 0.565. The second kappa shape index (κ2) is 1.47. The van der Waals surface area contributed by atoms with Crippen LogP contribution in [0.5, 0.6) is 0 Å². The molecule has 0 aromatic carbocycles. The molecule has 0 spiro atoms. The molecule has 5 atom stereocenters. The molecule has 3 aliphatic carbocycles. The fourth-order valence-corrected chi connectivity index (χ4v) is 3.39. The van der Waals surface area contributed by atoms with Crippen LogP contribution in [-0.2, 0) is 0 Å². The van der Waals surface area contributed by atoms with E-state index in [-0.39, 0.29) is 29.7 Å². The van der Waals surface area contributed by atoms with Crippen LogP contribution in [0.15, 0.2) is 0 Å². The lowest BCUT2D eigenvalue weighted by Gasteiger charge is -2.14. The molecule has 62 valence electrons. The average molecular weight is 159 g/mol. The van der Waals surface area contributed by atoms with Gasteiger partial charge < -0.3 is 5.73 Å². The van der Waals surface area contributed by atoms with Gasteiger partial charge in [-0.05, 0) is 24.7 Å². The number of rotatable bonds is 0. The molecular weight excluding hydrogens is 148 g/mol. The molecule has 2 bridgehead atoms. The minimum atomic E-state index is -2.33. The fraction of sp³-hybridized carbons (Fsp3) is 1.00. The molecular formula is C8H11F2N. The number of fused-ring (bicyclic) bond motifs is 5. The lowest BCUT2D eigenvalue weighted by Crippen LogP contribution is -2.28. The average Bonchev–Trinajstić information content (AvgIpc) is 2.25. The van der Waals surface area contributed by atoms with Gasteiger partial charge in [0.05, 0.1) is 0 Å². The van der Waals surface area contributed by atoms with E-state index in [0.717, 1.165) is 12.8 Å². The van der Waals surface area contributed by atoms with E-state index < -0.39 is 5.92 Å². The molecule has 0 heterocycles. The van der Waals surface area contributed by atoms with Crippen LogP contribution < -0.4 is 5.73 Å². The van der Waals surface area contributed by atoms with E-state index in [4.69, 9.17) is 5.73 Å². The van der Waals surface area contributed by atoms with Crippen LogP contribution in [0.2, 0.25) is 0 Å². The third kappa shape index (κ3) is 0.525. The SMILES string of the molecule is NC1CC2CC1C1C2C1(F)F. The zero-order chi connectivity index (χ0) is 7.80. The second-order valence-corrected chi connectivity index (χ2v) is 4.29. The smallest absolute Gasteiger partial charge is 0.255 e. The predicted octanol–water partition coefficient (Wildman–Crippen LogP) is 1.23. The Labute approximate surface area is 63.9 Å². The first-order valence-electron chi connectivity index (χ1n) is 4.25. The molecule has 0 radical (unpaired) electrons. The predicted molar refractivity (Wildman–Crippen MR) is 36.1 cm³/mol. The van der Waals surface area contributed by atoms with Crippen molar-refractivity contribution in [3.63, 3.8) is 0 Å². The van der Waals surface area contributed by atoms with Crippen molar-refractivity contribution in [2.75, 3.05) is 0 Å². The lowest BCUT2D eigenvalue weighted by molar-refractivity contribution is 0.0572. The van der Waals surface area contributed by atoms with Gasteiger partial charge in [-0.25, -0.2) is 8.78 Å². The Morgan fingerprint density at radius 1 is 1.18 bits per heavy atom. The molecule has 0 saturated heterocycles. The number of halogens is 2. The molecule has 3 heteroatoms. The van der Waals surface area contributed by atoms with Gasteiger partial charge in [0, 0.05) is 17.9 Å². The number of alkyl halides is 2. The first kappa shape index (κ1) is 6.35. The van der Waals surface area contributed by atoms with E-state index in [1.54, 1.807) is 0 Å². The molecule has 0 aromatic heterocycles. The van der Waals surface area contributed by atoms with Crippen molar-refractivity contribution < 1.29 is 8.78 Å². The molecule has 11 heavy (non-hydrogen) atoms. The first-order valence-corrected chi connectivity index (χ1v) is 4.25. The van der Waals surface area contributed by atoms with E-state index >= 15 is 0 Å². The minimum Gasteiger partial charge on any atom is -0.327 e. The Hall–Kier alpha value is -0.180. The van der Waals surface area contributed by atoms with Crippen LogP contribution in [-0.4, -0.2) is 12.0 Å². The lowest BCUT2D eigenvalue weighted by atomic mass is 9.96. The highest BCUT2D eigenvalue weighted by Crippen LogP contribution is 2.73. The monoisotopic (exact) mass is 159 g/mol. The Bertz CT molecular complexity index is 214. The summed E-state index contributed by atoms with van der Waals surface area (Å²) in [6.07, 6.45) is 1.83. The molecule has 0 aromatic rings. The van der Waals surface area contributed by atoms with Crippen molar-refractivity contribution >= 4 is 0 Å². The van der Waals surface area contributed by atoms with Crippen molar-refractivity contribution in [2.45, 2.75) is 24.8 Å². The summed E-state index contributed by atoms with van der Waals surface area (Å²) in [5.41, 5.74) is 5.72. The Morgan fingerprint density at radius 3 is 2.45 bits per heavy atom. The van der Waals surface area contributed by atoms with E-state index in [1.807, 2.05) is 0 Å². The molecule has 2 N–H and O–H groups in total. The van der Waals surface area contributed by atoms with Gasteiger partial charge in [0.15, 0.2) is 0 Å². The second-order valence-electron chi connectivity index (χ2n) is 4.29. The van der Waals surface area contributed by atoms with Gasteiger partial charge in [-0.2, -0.15) is 0 Å². The summed E-state index contributed by atoms with van der Waals surface area (Å²) < 4.78 is 25.8. The minimum absolute atomic E-state index is 0.0784. The number of nitrogens with two attached hydrogens (primary N) is 1. The fourth-order valence-electron chi connectivity index (χ4n) is 3.39. The molecule has 3 saturated carbocycles. The highest BCUT2D eigenvalue weighted by atomic mass is 19.3. The van der Waals surface area contributed by atoms with Crippen molar-refractivity contribution in [2.24, 2.45) is 29.4 Å². The molecule has 1 nitrogen and oxygen atoms in total. The molecule has 3 fully saturated rings. The van der Waals surface area contributed by atoms with Crippen LogP contribution in [0.1, 0.15) is 12.8 Å². The van der Waals surface area contributed by atoms with Gasteiger partial charge in [-0.1, -0.05) is 0 Å². The zero-order valence-corrected chi connectivity index (χ0v) is 6.13. The summed E-state index contributed by atoms with van der Waals surface area (Å²) in [5.74, 6) is -2.51. The Balaban J connectivity index is 1.94. The van der Waals surface area contributed by atoms with Gasteiger partial charge in [0.25, 0.3) is 5.92 Å². The van der Waals surface area contributed by atoms with Crippen LogP contribution in [0.4, 0.5) is 8.78 Å². The first-order chi connectivity index (χ1) is 5.12. The van der Waals surface area contributed by atoms with Gasteiger partial charge in [0.2, 0.25) is 0 Å². The van der Waals surface area contributed by atoms with Crippen LogP contribution in [0.3, 0.4) is 0 Å². The third-order valence-electron chi connectivity index (χ3n) is 3.84. The standard InChI is InChI=1S/C8H11F2N/c9-8(10)6-3-1-4(7(6)8)5(11)2-3/h3-7H,1-2,11H2. The third-order valence-corrected chi connectivity index (χ3v) is 3.84. The van der Waals surface area contributed by atoms with E-state index in [1.165, 1.54) is 0 Å².